The monoisotopic (exact) mass is 460 g/mol. The van der Waals surface area contributed by atoms with Gasteiger partial charge in [0, 0.05) is 35.1 Å². The lowest BCUT2D eigenvalue weighted by Gasteiger charge is -2.24. The molecule has 174 valence electrons. The first kappa shape index (κ1) is 20.8. The summed E-state index contributed by atoms with van der Waals surface area (Å²) in [6.45, 7) is 3.10. The molecule has 3 aromatic rings. The number of ether oxygens (including phenoxy) is 3. The summed E-state index contributed by atoms with van der Waals surface area (Å²) in [4.78, 5) is 16.1. The summed E-state index contributed by atoms with van der Waals surface area (Å²) >= 11 is 0. The summed E-state index contributed by atoms with van der Waals surface area (Å²) in [5.74, 6) is 1.52. The third-order valence-electron chi connectivity index (χ3n) is 6.84. The molecule has 1 amide bonds. The van der Waals surface area contributed by atoms with E-state index in [9.17, 15) is 9.18 Å². The Kier molecular flexibility index (Phi) is 4.86. The molecule has 3 heterocycles. The van der Waals surface area contributed by atoms with E-state index in [4.69, 9.17) is 14.2 Å². The minimum absolute atomic E-state index is 0.00953. The van der Waals surface area contributed by atoms with Crippen LogP contribution in [-0.4, -0.2) is 25.9 Å². The van der Waals surface area contributed by atoms with Crippen molar-refractivity contribution in [2.45, 2.75) is 31.6 Å². The number of nitrogens with zero attached hydrogens (tertiary/aromatic N) is 1. The highest BCUT2D eigenvalue weighted by Gasteiger charge is 2.58. The van der Waals surface area contributed by atoms with Crippen molar-refractivity contribution in [3.8, 4) is 17.2 Å². The molecule has 7 heteroatoms. The van der Waals surface area contributed by atoms with E-state index in [1.807, 2.05) is 41.3 Å². The van der Waals surface area contributed by atoms with Crippen LogP contribution in [0.2, 0.25) is 0 Å². The van der Waals surface area contributed by atoms with Gasteiger partial charge in [-0.15, -0.1) is 0 Å². The highest BCUT2D eigenvalue weighted by molar-refractivity contribution is 6.13. The number of hydrogen-bond donors (Lipinski definition) is 1. The second-order valence-electron chi connectivity index (χ2n) is 8.89. The summed E-state index contributed by atoms with van der Waals surface area (Å²) in [6, 6.07) is 15.8. The Labute approximate surface area is 197 Å². The zero-order valence-corrected chi connectivity index (χ0v) is 18.9. The number of halogens is 1. The first-order chi connectivity index (χ1) is 16.6. The maximum atomic E-state index is 14.2. The molecule has 0 fully saturated rings. The van der Waals surface area contributed by atoms with E-state index in [2.05, 4.69) is 12.2 Å². The van der Waals surface area contributed by atoms with Gasteiger partial charge in [0.1, 0.15) is 23.6 Å². The summed E-state index contributed by atoms with van der Waals surface area (Å²) in [6.07, 6.45) is 3.02. The van der Waals surface area contributed by atoms with E-state index in [0.717, 1.165) is 41.8 Å². The quantitative estimate of drug-likeness (QED) is 0.492. The van der Waals surface area contributed by atoms with Crippen molar-refractivity contribution >= 4 is 23.0 Å². The first-order valence-electron chi connectivity index (χ1n) is 11.7. The van der Waals surface area contributed by atoms with Crippen LogP contribution >= 0.6 is 0 Å². The molecule has 0 aliphatic carbocycles. The Bertz CT molecular complexity index is 1290. The zero-order valence-electron chi connectivity index (χ0n) is 18.9. The highest BCUT2D eigenvalue weighted by atomic mass is 19.1. The lowest BCUT2D eigenvalue weighted by atomic mass is 9.76. The van der Waals surface area contributed by atoms with Crippen LogP contribution in [0.25, 0.3) is 0 Å². The Morgan fingerprint density at radius 3 is 2.65 bits per heavy atom. The largest absolute Gasteiger partial charge is 0.491 e. The third-order valence-corrected chi connectivity index (χ3v) is 6.84. The minimum atomic E-state index is -1.02. The van der Waals surface area contributed by atoms with Crippen molar-refractivity contribution < 1.29 is 23.4 Å². The van der Waals surface area contributed by atoms with Crippen LogP contribution in [0.1, 0.15) is 37.3 Å². The third kappa shape index (κ3) is 3.03. The van der Waals surface area contributed by atoms with Crippen LogP contribution in [0.5, 0.6) is 17.2 Å². The van der Waals surface area contributed by atoms with Gasteiger partial charge >= 0.3 is 0 Å². The predicted molar refractivity (Wildman–Crippen MR) is 127 cm³/mol. The molecule has 34 heavy (non-hydrogen) atoms. The molecular formula is C27H25FN2O4. The van der Waals surface area contributed by atoms with E-state index >= 15 is 0 Å². The molecule has 3 aliphatic heterocycles. The average Bonchev–Trinajstić information content (AvgIpc) is 3.50. The number of benzene rings is 3. The van der Waals surface area contributed by atoms with Crippen LogP contribution in [0.3, 0.4) is 0 Å². The van der Waals surface area contributed by atoms with Crippen molar-refractivity contribution in [2.75, 3.05) is 30.2 Å². The Hall–Kier alpha value is -3.74. The molecule has 3 aromatic carbocycles. The van der Waals surface area contributed by atoms with Gasteiger partial charge in [-0.1, -0.05) is 31.9 Å². The first-order valence-corrected chi connectivity index (χ1v) is 11.7. The Morgan fingerprint density at radius 2 is 1.82 bits per heavy atom. The van der Waals surface area contributed by atoms with Crippen molar-refractivity contribution in [2.24, 2.45) is 0 Å². The lowest BCUT2D eigenvalue weighted by Crippen LogP contribution is -2.43. The Morgan fingerprint density at radius 1 is 1.00 bits per heavy atom. The molecule has 6 nitrogen and oxygen atoms in total. The number of nitrogens with one attached hydrogen (secondary N) is 1. The topological polar surface area (TPSA) is 60.0 Å². The lowest BCUT2D eigenvalue weighted by molar-refractivity contribution is -0.122. The predicted octanol–water partition coefficient (Wildman–Crippen LogP) is 5.51. The number of carbonyl (C=O) groups excluding carboxylic acids is 1. The molecule has 0 radical (unpaired) electrons. The van der Waals surface area contributed by atoms with Gasteiger partial charge in [0.25, 0.3) is 0 Å². The van der Waals surface area contributed by atoms with Gasteiger partial charge in [0.05, 0.1) is 5.69 Å². The Balaban J connectivity index is 1.52. The van der Waals surface area contributed by atoms with Gasteiger partial charge in [-0.3, -0.25) is 4.79 Å². The molecule has 6 rings (SSSR count). The van der Waals surface area contributed by atoms with Gasteiger partial charge in [-0.2, -0.15) is 0 Å². The number of amides is 1. The fourth-order valence-electron chi connectivity index (χ4n) is 5.25. The van der Waals surface area contributed by atoms with Gasteiger partial charge < -0.3 is 24.4 Å². The van der Waals surface area contributed by atoms with E-state index < -0.39 is 5.41 Å². The smallest absolute Gasteiger partial charge is 0.245 e. The standard InChI is InChI=1S/C27H25FN2O4/c1-2-3-4-11-30-21-10-6-9-20(29-18-8-5-7-17(28)12-18)25(21)27(26(30)31)15-32-22-14-24-23(13-19(22)27)33-16-34-24/h5-10,12-14,29H,2-4,11,15-16H2,1H3. The number of unbranched alkanes of at least 4 members (excludes halogenated alkanes) is 2. The fraction of sp³-hybridized carbons (Fsp3) is 0.296. The van der Waals surface area contributed by atoms with Gasteiger partial charge in [-0.25, -0.2) is 4.39 Å². The molecule has 1 atom stereocenters. The molecule has 0 saturated heterocycles. The second-order valence-corrected chi connectivity index (χ2v) is 8.89. The normalized spacial score (nSPS) is 19.4. The summed E-state index contributed by atoms with van der Waals surface area (Å²) in [5.41, 5.74) is 2.83. The van der Waals surface area contributed by atoms with Crippen molar-refractivity contribution in [3.05, 3.63) is 71.5 Å². The van der Waals surface area contributed by atoms with Gasteiger partial charge in [-0.05, 0) is 42.8 Å². The minimum Gasteiger partial charge on any atom is -0.491 e. The number of hydrogen-bond acceptors (Lipinski definition) is 5. The number of rotatable bonds is 6. The molecule has 3 aliphatic rings. The van der Waals surface area contributed by atoms with Crippen molar-refractivity contribution in [1.29, 1.82) is 0 Å². The molecule has 0 bridgehead atoms. The van der Waals surface area contributed by atoms with Crippen LogP contribution < -0.4 is 24.4 Å². The van der Waals surface area contributed by atoms with Crippen LogP contribution in [0, 0.1) is 5.82 Å². The van der Waals surface area contributed by atoms with Crippen LogP contribution in [0.15, 0.2) is 54.6 Å². The number of anilines is 3. The van der Waals surface area contributed by atoms with E-state index in [1.54, 1.807) is 6.07 Å². The molecule has 1 N–H and O–H groups in total. The van der Waals surface area contributed by atoms with Gasteiger partial charge in [0.15, 0.2) is 11.5 Å². The molecule has 0 aromatic heterocycles. The van der Waals surface area contributed by atoms with E-state index in [1.165, 1.54) is 12.1 Å². The molecule has 0 saturated carbocycles. The van der Waals surface area contributed by atoms with Crippen LogP contribution in [0.4, 0.5) is 21.5 Å². The summed E-state index contributed by atoms with van der Waals surface area (Å²) < 4.78 is 31.2. The molecule has 1 unspecified atom stereocenters. The number of carbonyl (C=O) groups is 1. The highest BCUT2D eigenvalue weighted by Crippen LogP contribution is 2.57. The van der Waals surface area contributed by atoms with Crippen molar-refractivity contribution in [3.63, 3.8) is 0 Å². The van der Waals surface area contributed by atoms with Gasteiger partial charge in [0.2, 0.25) is 12.7 Å². The van der Waals surface area contributed by atoms with Crippen molar-refractivity contribution in [1.82, 2.24) is 0 Å². The SMILES string of the molecule is CCCCCN1C(=O)C2(COc3cc4c(cc32)OCO4)c2c(Nc3cccc(F)c3)cccc21. The zero-order chi connectivity index (χ0) is 23.3. The van der Waals surface area contributed by atoms with E-state index in [0.29, 0.717) is 29.5 Å². The molecule has 1 spiro atoms. The summed E-state index contributed by atoms with van der Waals surface area (Å²) in [7, 11) is 0. The van der Waals surface area contributed by atoms with Crippen LogP contribution in [-0.2, 0) is 10.2 Å². The fourth-order valence-corrected chi connectivity index (χ4v) is 5.25. The maximum absolute atomic E-state index is 14.2. The maximum Gasteiger partial charge on any atom is 0.245 e. The second kappa shape index (κ2) is 7.94. The molecular weight excluding hydrogens is 435 g/mol. The summed E-state index contributed by atoms with van der Waals surface area (Å²) in [5, 5.41) is 3.36. The number of fused-ring (bicyclic) bond motifs is 5. The average molecular weight is 461 g/mol. The van der Waals surface area contributed by atoms with E-state index in [-0.39, 0.29) is 25.1 Å².